The first kappa shape index (κ1) is 8.68. The molecule has 5 nitrogen and oxygen atoms in total. The molecule has 0 spiro atoms. The maximum atomic E-state index is 9.11. The SMILES string of the molecule is COc1cc2cn(O)nc2cc1OC. The van der Waals surface area contributed by atoms with Crippen molar-refractivity contribution in [2.24, 2.45) is 0 Å². The molecule has 0 bridgehead atoms. The van der Waals surface area contributed by atoms with Gasteiger partial charge in [0.05, 0.1) is 25.9 Å². The standard InChI is InChI=1S/C9H10N2O3/c1-13-8-3-6-5-11(12)10-7(6)4-9(8)14-2/h3-5,12H,1-2H3. The summed E-state index contributed by atoms with van der Waals surface area (Å²) in [6.07, 6.45) is 1.50. The molecular weight excluding hydrogens is 184 g/mol. The zero-order valence-electron chi connectivity index (χ0n) is 7.89. The molecule has 0 aliphatic heterocycles. The third kappa shape index (κ3) is 1.22. The molecule has 1 heterocycles. The molecular formula is C9H10N2O3. The van der Waals surface area contributed by atoms with E-state index in [1.165, 1.54) is 6.20 Å². The largest absolute Gasteiger partial charge is 0.493 e. The zero-order valence-corrected chi connectivity index (χ0v) is 7.89. The number of ether oxygens (including phenoxy) is 2. The van der Waals surface area contributed by atoms with Crippen LogP contribution in [0.1, 0.15) is 0 Å². The van der Waals surface area contributed by atoms with E-state index in [1.54, 1.807) is 26.4 Å². The summed E-state index contributed by atoms with van der Waals surface area (Å²) >= 11 is 0. The Bertz CT molecular complexity index is 423. The van der Waals surface area contributed by atoms with Crippen molar-refractivity contribution in [1.29, 1.82) is 0 Å². The van der Waals surface area contributed by atoms with Gasteiger partial charge in [0.15, 0.2) is 11.5 Å². The molecule has 5 heteroatoms. The van der Waals surface area contributed by atoms with Crippen molar-refractivity contribution >= 4 is 10.9 Å². The molecule has 2 aromatic rings. The van der Waals surface area contributed by atoms with E-state index >= 15 is 0 Å². The molecule has 0 radical (unpaired) electrons. The van der Waals surface area contributed by atoms with Crippen molar-refractivity contribution in [2.75, 3.05) is 14.2 Å². The van der Waals surface area contributed by atoms with Gasteiger partial charge in [-0.05, 0) is 6.07 Å². The Balaban J connectivity index is 2.68. The fraction of sp³-hybridized carbons (Fsp3) is 0.222. The van der Waals surface area contributed by atoms with Gasteiger partial charge in [-0.15, -0.1) is 9.94 Å². The van der Waals surface area contributed by atoms with Crippen molar-refractivity contribution in [3.63, 3.8) is 0 Å². The van der Waals surface area contributed by atoms with E-state index in [4.69, 9.17) is 14.7 Å². The van der Waals surface area contributed by atoms with Crippen molar-refractivity contribution in [1.82, 2.24) is 9.94 Å². The van der Waals surface area contributed by atoms with Gasteiger partial charge in [0, 0.05) is 11.5 Å². The van der Waals surface area contributed by atoms with Gasteiger partial charge in [0.25, 0.3) is 0 Å². The Morgan fingerprint density at radius 2 is 1.86 bits per heavy atom. The average molecular weight is 194 g/mol. The zero-order chi connectivity index (χ0) is 10.1. The minimum Gasteiger partial charge on any atom is -0.493 e. The number of fused-ring (bicyclic) bond motifs is 1. The first-order valence-corrected chi connectivity index (χ1v) is 4.05. The van der Waals surface area contributed by atoms with Gasteiger partial charge in [0.2, 0.25) is 0 Å². The minimum atomic E-state index is 0.596. The van der Waals surface area contributed by atoms with Gasteiger partial charge in [-0.3, -0.25) is 0 Å². The summed E-state index contributed by atoms with van der Waals surface area (Å²) in [4.78, 5) is 0.767. The van der Waals surface area contributed by atoms with E-state index in [9.17, 15) is 0 Å². The topological polar surface area (TPSA) is 56.5 Å². The summed E-state index contributed by atoms with van der Waals surface area (Å²) in [6, 6.07) is 3.47. The fourth-order valence-electron chi connectivity index (χ4n) is 1.34. The number of benzene rings is 1. The Morgan fingerprint density at radius 1 is 1.21 bits per heavy atom. The van der Waals surface area contributed by atoms with E-state index in [1.807, 2.05) is 0 Å². The number of aromatic nitrogens is 2. The van der Waals surface area contributed by atoms with Crippen molar-refractivity contribution in [3.05, 3.63) is 18.3 Å². The maximum absolute atomic E-state index is 9.11. The highest BCUT2D eigenvalue weighted by atomic mass is 16.5. The van der Waals surface area contributed by atoms with Gasteiger partial charge in [-0.25, -0.2) is 0 Å². The van der Waals surface area contributed by atoms with Crippen LogP contribution in [-0.2, 0) is 0 Å². The molecule has 0 unspecified atom stereocenters. The molecule has 0 aliphatic carbocycles. The summed E-state index contributed by atoms with van der Waals surface area (Å²) in [5, 5.41) is 13.7. The van der Waals surface area contributed by atoms with Crippen LogP contribution in [0.5, 0.6) is 11.5 Å². The second-order valence-electron chi connectivity index (χ2n) is 2.82. The second-order valence-corrected chi connectivity index (χ2v) is 2.82. The molecule has 0 saturated carbocycles. The number of rotatable bonds is 2. The number of methoxy groups -OCH3 is 2. The first-order chi connectivity index (χ1) is 6.74. The van der Waals surface area contributed by atoms with Gasteiger partial charge >= 0.3 is 0 Å². The van der Waals surface area contributed by atoms with E-state index in [0.29, 0.717) is 17.0 Å². The van der Waals surface area contributed by atoms with Crippen LogP contribution in [-0.4, -0.2) is 29.4 Å². The van der Waals surface area contributed by atoms with E-state index in [-0.39, 0.29) is 0 Å². The Hall–Kier alpha value is -1.91. The van der Waals surface area contributed by atoms with E-state index in [2.05, 4.69) is 5.10 Å². The van der Waals surface area contributed by atoms with Crippen LogP contribution in [0.15, 0.2) is 18.3 Å². The summed E-state index contributed by atoms with van der Waals surface area (Å²) in [6.45, 7) is 0. The molecule has 1 aromatic carbocycles. The summed E-state index contributed by atoms with van der Waals surface area (Å²) in [5.74, 6) is 1.21. The molecule has 0 aliphatic rings. The third-order valence-corrected chi connectivity index (χ3v) is 2.00. The highest BCUT2D eigenvalue weighted by molar-refractivity contribution is 5.82. The fourth-order valence-corrected chi connectivity index (χ4v) is 1.34. The van der Waals surface area contributed by atoms with Crippen LogP contribution >= 0.6 is 0 Å². The lowest BCUT2D eigenvalue weighted by molar-refractivity contribution is 0.151. The smallest absolute Gasteiger partial charge is 0.162 e. The highest BCUT2D eigenvalue weighted by Gasteiger charge is 2.08. The van der Waals surface area contributed by atoms with Crippen LogP contribution in [0.4, 0.5) is 0 Å². The van der Waals surface area contributed by atoms with Crippen LogP contribution in [0, 0.1) is 0 Å². The van der Waals surface area contributed by atoms with Crippen LogP contribution in [0.25, 0.3) is 10.9 Å². The first-order valence-electron chi connectivity index (χ1n) is 4.05. The van der Waals surface area contributed by atoms with Gasteiger partial charge in [-0.1, -0.05) is 0 Å². The van der Waals surface area contributed by atoms with E-state index in [0.717, 1.165) is 10.2 Å². The van der Waals surface area contributed by atoms with Crippen LogP contribution in [0.2, 0.25) is 0 Å². The van der Waals surface area contributed by atoms with E-state index < -0.39 is 0 Å². The number of hydrogen-bond donors (Lipinski definition) is 1. The molecule has 2 rings (SSSR count). The summed E-state index contributed by atoms with van der Waals surface area (Å²) in [5.41, 5.74) is 0.658. The third-order valence-electron chi connectivity index (χ3n) is 2.00. The monoisotopic (exact) mass is 194 g/mol. The normalized spacial score (nSPS) is 10.4. The molecule has 0 fully saturated rings. The molecule has 74 valence electrons. The quantitative estimate of drug-likeness (QED) is 0.732. The summed E-state index contributed by atoms with van der Waals surface area (Å²) in [7, 11) is 3.12. The van der Waals surface area contributed by atoms with Gasteiger partial charge in [0.1, 0.15) is 0 Å². The predicted molar refractivity (Wildman–Crippen MR) is 50.0 cm³/mol. The lowest BCUT2D eigenvalue weighted by Crippen LogP contribution is -1.90. The molecule has 0 amide bonds. The maximum Gasteiger partial charge on any atom is 0.162 e. The molecule has 14 heavy (non-hydrogen) atoms. The Kier molecular flexibility index (Phi) is 1.92. The summed E-state index contributed by atoms with van der Waals surface area (Å²) < 4.78 is 10.2. The number of hydrogen-bond acceptors (Lipinski definition) is 4. The van der Waals surface area contributed by atoms with Gasteiger partial charge < -0.3 is 14.7 Å². The molecule has 0 saturated heterocycles. The predicted octanol–water partition coefficient (Wildman–Crippen LogP) is 1.29. The highest BCUT2D eigenvalue weighted by Crippen LogP contribution is 2.31. The van der Waals surface area contributed by atoms with Crippen LogP contribution < -0.4 is 9.47 Å². The molecule has 1 aromatic heterocycles. The molecule has 1 N–H and O–H groups in total. The average Bonchev–Trinajstić information content (AvgIpc) is 2.54. The van der Waals surface area contributed by atoms with Crippen LogP contribution in [0.3, 0.4) is 0 Å². The van der Waals surface area contributed by atoms with Crippen molar-refractivity contribution in [3.8, 4) is 11.5 Å². The lowest BCUT2D eigenvalue weighted by Gasteiger charge is -2.05. The second kappa shape index (κ2) is 3.10. The van der Waals surface area contributed by atoms with Crippen molar-refractivity contribution < 1.29 is 14.7 Å². The van der Waals surface area contributed by atoms with Gasteiger partial charge in [-0.2, -0.15) is 0 Å². The lowest BCUT2D eigenvalue weighted by atomic mass is 10.2. The Morgan fingerprint density at radius 3 is 2.50 bits per heavy atom. The molecule has 0 atom stereocenters. The van der Waals surface area contributed by atoms with Crippen molar-refractivity contribution in [2.45, 2.75) is 0 Å². The Labute approximate surface area is 80.4 Å². The minimum absolute atomic E-state index is 0.596. The number of nitrogens with zero attached hydrogens (tertiary/aromatic N) is 2.